The lowest BCUT2D eigenvalue weighted by Crippen LogP contribution is -2.42. The van der Waals surface area contributed by atoms with Gasteiger partial charge in [0, 0.05) is 34.9 Å². The predicted molar refractivity (Wildman–Crippen MR) is 128 cm³/mol. The van der Waals surface area contributed by atoms with Gasteiger partial charge in [-0.1, -0.05) is 48.5 Å². The first kappa shape index (κ1) is 22.1. The number of rotatable bonds is 4. The summed E-state index contributed by atoms with van der Waals surface area (Å²) >= 11 is 0. The van der Waals surface area contributed by atoms with Crippen molar-refractivity contribution >= 4 is 11.5 Å². The maximum Gasteiger partial charge on any atom is 0.266 e. The molecule has 1 aliphatic heterocycles. The number of Topliss-reactive ketones (excluding diaryl/α,β-unsaturated/α-hetero) is 1. The Hall–Kier alpha value is -4.71. The van der Waals surface area contributed by atoms with E-state index in [2.05, 4.69) is 21.7 Å². The van der Waals surface area contributed by atoms with Gasteiger partial charge >= 0.3 is 0 Å². The van der Waals surface area contributed by atoms with Gasteiger partial charge in [-0.15, -0.1) is 0 Å². The molecule has 9 heteroatoms. The average molecular weight is 468 g/mol. The fourth-order valence-electron chi connectivity index (χ4n) is 4.66. The molecule has 2 aliphatic rings. The van der Waals surface area contributed by atoms with Gasteiger partial charge in [-0.2, -0.15) is 10.4 Å². The third-order valence-electron chi connectivity index (χ3n) is 6.22. The van der Waals surface area contributed by atoms with Gasteiger partial charge < -0.3 is 5.73 Å². The van der Waals surface area contributed by atoms with Gasteiger partial charge in [0.25, 0.3) is 5.56 Å². The molecule has 5 rings (SSSR count). The van der Waals surface area contributed by atoms with Crippen molar-refractivity contribution in [1.29, 1.82) is 5.26 Å². The lowest BCUT2D eigenvalue weighted by molar-refractivity contribution is -0.116. The lowest BCUT2D eigenvalue weighted by Gasteiger charge is -2.40. The first-order valence-corrected chi connectivity index (χ1v) is 11.1. The molecule has 0 bridgehead atoms. The number of ketones is 1. The molecule has 4 N–H and O–H groups in total. The van der Waals surface area contributed by atoms with Crippen LogP contribution in [0.4, 0.5) is 10.1 Å². The molecule has 0 unspecified atom stereocenters. The van der Waals surface area contributed by atoms with Gasteiger partial charge in [-0.3, -0.25) is 15.0 Å². The highest BCUT2D eigenvalue weighted by Gasteiger charge is 2.41. The molecular formula is C26H21FN6O2. The fraction of sp³-hybridized carbons (Fsp3) is 0.154. The SMILES string of the molecule is N#CC1=C(N)N(Nc2cc(=O)[nH]nc2-c2ccccc2)C2=C(C(=O)CCC2)[C@@H]1c1ccccc1F. The predicted octanol–water partition coefficient (Wildman–Crippen LogP) is 3.70. The van der Waals surface area contributed by atoms with Crippen molar-refractivity contribution in [3.05, 3.63) is 105 Å². The summed E-state index contributed by atoms with van der Waals surface area (Å²) in [5.74, 6) is -1.56. The average Bonchev–Trinajstić information content (AvgIpc) is 2.86. The van der Waals surface area contributed by atoms with E-state index in [0.717, 1.165) is 5.56 Å². The van der Waals surface area contributed by atoms with Crippen molar-refractivity contribution in [3.8, 4) is 17.3 Å². The molecule has 174 valence electrons. The molecule has 1 aliphatic carbocycles. The minimum atomic E-state index is -0.909. The maximum absolute atomic E-state index is 14.8. The topological polar surface area (TPSA) is 128 Å². The molecule has 3 aromatic rings. The van der Waals surface area contributed by atoms with Crippen LogP contribution in [-0.4, -0.2) is 21.0 Å². The Morgan fingerprint density at radius 1 is 1.11 bits per heavy atom. The number of nitrogens with zero attached hydrogens (tertiary/aromatic N) is 3. The number of carbonyl (C=O) groups is 1. The zero-order valence-corrected chi connectivity index (χ0v) is 18.6. The highest BCUT2D eigenvalue weighted by molar-refractivity contribution is 6.00. The van der Waals surface area contributed by atoms with E-state index in [-0.39, 0.29) is 29.2 Å². The van der Waals surface area contributed by atoms with E-state index in [1.165, 1.54) is 17.1 Å². The van der Waals surface area contributed by atoms with Crippen LogP contribution in [0, 0.1) is 17.1 Å². The minimum absolute atomic E-state index is 0.0356. The second kappa shape index (κ2) is 8.91. The van der Waals surface area contributed by atoms with Gasteiger partial charge in [0.2, 0.25) is 0 Å². The fourth-order valence-corrected chi connectivity index (χ4v) is 4.66. The summed E-state index contributed by atoms with van der Waals surface area (Å²) in [6.07, 6.45) is 1.35. The van der Waals surface area contributed by atoms with E-state index in [1.54, 1.807) is 18.2 Å². The maximum atomic E-state index is 14.8. The van der Waals surface area contributed by atoms with Gasteiger partial charge in [0.1, 0.15) is 17.3 Å². The Kier molecular flexibility index (Phi) is 5.63. The Morgan fingerprint density at radius 3 is 2.60 bits per heavy atom. The van der Waals surface area contributed by atoms with Crippen LogP contribution in [0.5, 0.6) is 0 Å². The van der Waals surface area contributed by atoms with E-state index in [0.29, 0.717) is 35.5 Å². The number of aromatic nitrogens is 2. The van der Waals surface area contributed by atoms with Crippen LogP contribution in [0.2, 0.25) is 0 Å². The number of aromatic amines is 1. The number of allylic oxidation sites excluding steroid dienone is 3. The quantitative estimate of drug-likeness (QED) is 0.533. The number of H-pyrrole nitrogens is 1. The van der Waals surface area contributed by atoms with Gasteiger partial charge in [0.15, 0.2) is 5.78 Å². The number of hydrogen-bond acceptors (Lipinski definition) is 7. The molecule has 0 fully saturated rings. The smallest absolute Gasteiger partial charge is 0.266 e. The normalized spacial score (nSPS) is 17.8. The Balaban J connectivity index is 1.68. The van der Waals surface area contributed by atoms with E-state index >= 15 is 0 Å². The first-order chi connectivity index (χ1) is 17.0. The van der Waals surface area contributed by atoms with Crippen molar-refractivity contribution in [3.63, 3.8) is 0 Å². The zero-order valence-electron chi connectivity index (χ0n) is 18.6. The largest absolute Gasteiger partial charge is 0.383 e. The van der Waals surface area contributed by atoms with Gasteiger partial charge in [-0.05, 0) is 18.9 Å². The van der Waals surface area contributed by atoms with Crippen molar-refractivity contribution < 1.29 is 9.18 Å². The minimum Gasteiger partial charge on any atom is -0.383 e. The standard InChI is InChI=1S/C26H21FN6O2/c27-18-10-5-4-9-16(18)23-17(14-28)26(29)33(20-11-6-12-21(34)24(20)23)32-19-13-22(35)30-31-25(19)15-7-2-1-3-8-15/h1-5,7-10,13,23H,6,11-12,29H2,(H2,30,32,35)/t23-/m1/s1. The van der Waals surface area contributed by atoms with Crippen LogP contribution in [0.1, 0.15) is 30.7 Å². The van der Waals surface area contributed by atoms with Crippen molar-refractivity contribution in [2.24, 2.45) is 5.73 Å². The Morgan fingerprint density at radius 2 is 1.86 bits per heavy atom. The van der Waals surface area contributed by atoms with Crippen molar-refractivity contribution in [1.82, 2.24) is 15.2 Å². The summed E-state index contributed by atoms with van der Waals surface area (Å²) in [6.45, 7) is 0. The number of hydrazine groups is 1. The molecule has 2 aromatic carbocycles. The summed E-state index contributed by atoms with van der Waals surface area (Å²) in [5.41, 5.74) is 11.9. The van der Waals surface area contributed by atoms with E-state index in [9.17, 15) is 19.2 Å². The number of hydrogen-bond donors (Lipinski definition) is 3. The van der Waals surface area contributed by atoms with Crippen molar-refractivity contribution in [2.75, 3.05) is 5.43 Å². The molecule has 0 spiro atoms. The molecule has 0 radical (unpaired) electrons. The number of anilines is 1. The second-order valence-corrected chi connectivity index (χ2v) is 8.31. The summed E-state index contributed by atoms with van der Waals surface area (Å²) in [6, 6.07) is 18.7. The Labute approximate surface area is 200 Å². The highest BCUT2D eigenvalue weighted by Crippen LogP contribution is 2.45. The molecule has 8 nitrogen and oxygen atoms in total. The number of nitriles is 1. The van der Waals surface area contributed by atoms with Crippen LogP contribution in [-0.2, 0) is 4.79 Å². The lowest BCUT2D eigenvalue weighted by atomic mass is 9.76. The third-order valence-corrected chi connectivity index (χ3v) is 6.22. The number of carbonyl (C=O) groups excluding carboxylic acids is 1. The summed E-state index contributed by atoms with van der Waals surface area (Å²) in [5, 5.41) is 18.1. The Bertz CT molecular complexity index is 1490. The van der Waals surface area contributed by atoms with Gasteiger partial charge in [0.05, 0.1) is 23.2 Å². The molecule has 1 atom stereocenters. The third kappa shape index (κ3) is 3.85. The van der Waals surface area contributed by atoms with Crippen LogP contribution in [0.15, 0.2) is 88.1 Å². The first-order valence-electron chi connectivity index (χ1n) is 11.1. The molecular weight excluding hydrogens is 447 g/mol. The number of nitrogens with two attached hydrogens (primary N) is 1. The zero-order chi connectivity index (χ0) is 24.5. The van der Waals surface area contributed by atoms with Crippen molar-refractivity contribution in [2.45, 2.75) is 25.2 Å². The van der Waals surface area contributed by atoms with Crippen LogP contribution < -0.4 is 16.7 Å². The molecule has 1 aromatic heterocycles. The van der Waals surface area contributed by atoms with Crippen LogP contribution >= 0.6 is 0 Å². The highest BCUT2D eigenvalue weighted by atomic mass is 19.1. The number of benzene rings is 2. The summed E-state index contributed by atoms with van der Waals surface area (Å²) in [4.78, 5) is 25.3. The van der Waals surface area contributed by atoms with Crippen LogP contribution in [0.25, 0.3) is 11.3 Å². The van der Waals surface area contributed by atoms with Gasteiger partial charge in [-0.25, -0.2) is 14.5 Å². The summed E-state index contributed by atoms with van der Waals surface area (Å²) < 4.78 is 14.8. The second-order valence-electron chi connectivity index (χ2n) is 8.31. The number of nitrogens with one attached hydrogen (secondary N) is 2. The van der Waals surface area contributed by atoms with E-state index in [4.69, 9.17) is 5.73 Å². The van der Waals surface area contributed by atoms with E-state index in [1.807, 2.05) is 30.3 Å². The monoisotopic (exact) mass is 468 g/mol. The van der Waals surface area contributed by atoms with Crippen LogP contribution in [0.3, 0.4) is 0 Å². The summed E-state index contributed by atoms with van der Waals surface area (Å²) in [7, 11) is 0. The molecule has 0 saturated carbocycles. The molecule has 0 amide bonds. The number of halogens is 1. The molecule has 2 heterocycles. The molecule has 0 saturated heterocycles. The van der Waals surface area contributed by atoms with E-state index < -0.39 is 17.3 Å². The molecule has 35 heavy (non-hydrogen) atoms.